The van der Waals surface area contributed by atoms with E-state index in [0.29, 0.717) is 5.92 Å². The second kappa shape index (κ2) is 5.28. The monoisotopic (exact) mass is 282 g/mol. The number of hydrogen-bond acceptors (Lipinski definition) is 2. The summed E-state index contributed by atoms with van der Waals surface area (Å²) in [7, 11) is 0. The van der Waals surface area contributed by atoms with Crippen LogP contribution < -0.4 is 0 Å². The van der Waals surface area contributed by atoms with Gasteiger partial charge < -0.3 is 9.84 Å². The van der Waals surface area contributed by atoms with E-state index in [1.54, 1.807) is 0 Å². The minimum Gasteiger partial charge on any atom is -0.389 e. The molecule has 20 heavy (non-hydrogen) atoms. The Bertz CT molecular complexity index is 345. The highest BCUT2D eigenvalue weighted by molar-refractivity contribution is 5.05. The van der Waals surface area contributed by atoms with Gasteiger partial charge in [-0.25, -0.2) is 0 Å². The molecule has 2 rings (SSSR count). The number of aliphatic hydroxyl groups is 1. The van der Waals surface area contributed by atoms with E-state index < -0.39 is 5.60 Å². The van der Waals surface area contributed by atoms with Gasteiger partial charge in [0.2, 0.25) is 0 Å². The van der Waals surface area contributed by atoms with Crippen molar-refractivity contribution in [1.82, 2.24) is 0 Å². The Morgan fingerprint density at radius 2 is 1.80 bits per heavy atom. The molecule has 0 bridgehead atoms. The lowest BCUT2D eigenvalue weighted by atomic mass is 9.64. The first-order valence-electron chi connectivity index (χ1n) is 8.47. The van der Waals surface area contributed by atoms with Crippen molar-refractivity contribution in [2.45, 2.75) is 96.9 Å². The molecule has 0 amide bonds. The molecular weight excluding hydrogens is 248 g/mol. The van der Waals surface area contributed by atoms with Crippen LogP contribution in [-0.2, 0) is 4.74 Å². The standard InChI is InChI=1S/C18H34O2/c1-13(2)10-14-8-7-9-18(19,11-14)15-12-16(3,4)20-17(15,5)6/h13-15,19H,7-12H2,1-6H3. The molecule has 1 heterocycles. The van der Waals surface area contributed by atoms with Gasteiger partial charge in [0.1, 0.15) is 0 Å². The minimum atomic E-state index is -0.519. The van der Waals surface area contributed by atoms with Gasteiger partial charge in [-0.1, -0.05) is 26.7 Å². The maximum atomic E-state index is 11.3. The van der Waals surface area contributed by atoms with E-state index in [0.717, 1.165) is 25.2 Å². The molecule has 3 atom stereocenters. The predicted molar refractivity (Wildman–Crippen MR) is 83.7 cm³/mol. The molecule has 1 aliphatic heterocycles. The summed E-state index contributed by atoms with van der Waals surface area (Å²) >= 11 is 0. The fraction of sp³-hybridized carbons (Fsp3) is 1.00. The molecule has 3 unspecified atom stereocenters. The molecule has 0 aromatic rings. The first-order valence-corrected chi connectivity index (χ1v) is 8.47. The molecule has 0 aromatic carbocycles. The SMILES string of the molecule is CC(C)CC1CCCC(O)(C2CC(C)(C)OC2(C)C)C1. The normalized spacial score (nSPS) is 40.2. The van der Waals surface area contributed by atoms with Crippen LogP contribution in [0.3, 0.4) is 0 Å². The van der Waals surface area contributed by atoms with E-state index in [4.69, 9.17) is 4.74 Å². The van der Waals surface area contributed by atoms with Gasteiger partial charge >= 0.3 is 0 Å². The third kappa shape index (κ3) is 3.39. The van der Waals surface area contributed by atoms with Crippen LogP contribution in [0.4, 0.5) is 0 Å². The van der Waals surface area contributed by atoms with Crippen LogP contribution in [0, 0.1) is 17.8 Å². The minimum absolute atomic E-state index is 0.102. The smallest absolute Gasteiger partial charge is 0.0706 e. The molecule has 118 valence electrons. The van der Waals surface area contributed by atoms with Gasteiger partial charge in [-0.15, -0.1) is 0 Å². The van der Waals surface area contributed by atoms with Crippen molar-refractivity contribution < 1.29 is 9.84 Å². The second-order valence-corrected chi connectivity index (χ2v) is 8.92. The van der Waals surface area contributed by atoms with E-state index in [-0.39, 0.29) is 17.1 Å². The predicted octanol–water partition coefficient (Wildman–Crippen LogP) is 4.55. The van der Waals surface area contributed by atoms with E-state index in [2.05, 4.69) is 41.5 Å². The molecule has 0 spiro atoms. The van der Waals surface area contributed by atoms with Gasteiger partial charge in [-0.3, -0.25) is 0 Å². The second-order valence-electron chi connectivity index (χ2n) is 8.92. The van der Waals surface area contributed by atoms with Gasteiger partial charge in [0.15, 0.2) is 0 Å². The number of rotatable bonds is 3. The lowest BCUT2D eigenvalue weighted by Crippen LogP contribution is -2.49. The summed E-state index contributed by atoms with van der Waals surface area (Å²) in [5.41, 5.74) is -0.831. The fourth-order valence-electron chi connectivity index (χ4n) is 4.98. The molecule has 2 heteroatoms. The average Bonchev–Trinajstić information content (AvgIpc) is 2.46. The highest BCUT2D eigenvalue weighted by atomic mass is 16.5. The third-order valence-electron chi connectivity index (χ3n) is 5.39. The van der Waals surface area contributed by atoms with E-state index in [9.17, 15) is 5.11 Å². The molecule has 1 N–H and O–H groups in total. The Labute approximate surface area is 125 Å². The Morgan fingerprint density at radius 1 is 1.15 bits per heavy atom. The van der Waals surface area contributed by atoms with Crippen molar-refractivity contribution in [3.8, 4) is 0 Å². The summed E-state index contributed by atoms with van der Waals surface area (Å²) in [6.45, 7) is 13.2. The third-order valence-corrected chi connectivity index (χ3v) is 5.39. The van der Waals surface area contributed by atoms with Crippen LogP contribution in [-0.4, -0.2) is 21.9 Å². The average molecular weight is 282 g/mol. The highest BCUT2D eigenvalue weighted by Crippen LogP contribution is 2.52. The zero-order valence-electron chi connectivity index (χ0n) is 14.3. The van der Waals surface area contributed by atoms with Gasteiger partial charge in [0.05, 0.1) is 16.8 Å². The first kappa shape index (κ1) is 16.3. The molecule has 2 nitrogen and oxygen atoms in total. The zero-order chi connectivity index (χ0) is 15.2. The largest absolute Gasteiger partial charge is 0.389 e. The van der Waals surface area contributed by atoms with Crippen molar-refractivity contribution >= 4 is 0 Å². The Hall–Kier alpha value is -0.0800. The van der Waals surface area contributed by atoms with Gasteiger partial charge in [-0.05, 0) is 65.2 Å². The molecule has 0 radical (unpaired) electrons. The van der Waals surface area contributed by atoms with Gasteiger partial charge in [0.25, 0.3) is 0 Å². The summed E-state index contributed by atoms with van der Waals surface area (Å²) in [6.07, 6.45) is 6.61. The lowest BCUT2D eigenvalue weighted by Gasteiger charge is -2.45. The molecule has 1 saturated carbocycles. The lowest BCUT2D eigenvalue weighted by molar-refractivity contribution is -0.130. The van der Waals surface area contributed by atoms with Crippen LogP contribution in [0.15, 0.2) is 0 Å². The topological polar surface area (TPSA) is 29.5 Å². The van der Waals surface area contributed by atoms with E-state index in [1.165, 1.54) is 19.3 Å². The van der Waals surface area contributed by atoms with Crippen LogP contribution in [0.1, 0.15) is 80.1 Å². The summed E-state index contributed by atoms with van der Waals surface area (Å²) in [6, 6.07) is 0. The maximum absolute atomic E-state index is 11.3. The van der Waals surface area contributed by atoms with Crippen LogP contribution in [0.25, 0.3) is 0 Å². The summed E-state index contributed by atoms with van der Waals surface area (Å²) in [4.78, 5) is 0. The molecule has 0 aromatic heterocycles. The Balaban J connectivity index is 2.13. The Morgan fingerprint density at radius 3 is 2.30 bits per heavy atom. The van der Waals surface area contributed by atoms with Gasteiger partial charge in [0, 0.05) is 5.92 Å². The van der Waals surface area contributed by atoms with Crippen molar-refractivity contribution in [3.63, 3.8) is 0 Å². The molecule has 2 fully saturated rings. The van der Waals surface area contributed by atoms with Crippen molar-refractivity contribution in [3.05, 3.63) is 0 Å². The number of hydrogen-bond donors (Lipinski definition) is 1. The highest BCUT2D eigenvalue weighted by Gasteiger charge is 2.55. The quantitative estimate of drug-likeness (QED) is 0.823. The number of ether oxygens (including phenoxy) is 1. The van der Waals surface area contributed by atoms with Crippen molar-refractivity contribution in [2.75, 3.05) is 0 Å². The molecule has 1 saturated heterocycles. The summed E-state index contributed by atoms with van der Waals surface area (Å²) in [5, 5.41) is 11.3. The van der Waals surface area contributed by atoms with E-state index in [1.807, 2.05) is 0 Å². The van der Waals surface area contributed by atoms with Crippen molar-refractivity contribution in [2.24, 2.45) is 17.8 Å². The molecule has 2 aliphatic rings. The van der Waals surface area contributed by atoms with Crippen LogP contribution >= 0.6 is 0 Å². The molecular formula is C18H34O2. The van der Waals surface area contributed by atoms with Crippen molar-refractivity contribution in [1.29, 1.82) is 0 Å². The van der Waals surface area contributed by atoms with E-state index >= 15 is 0 Å². The van der Waals surface area contributed by atoms with Crippen LogP contribution in [0.5, 0.6) is 0 Å². The zero-order valence-corrected chi connectivity index (χ0v) is 14.3. The summed E-state index contributed by atoms with van der Waals surface area (Å²) < 4.78 is 6.22. The van der Waals surface area contributed by atoms with Crippen LogP contribution in [0.2, 0.25) is 0 Å². The Kier molecular flexibility index (Phi) is 4.30. The molecule has 1 aliphatic carbocycles. The van der Waals surface area contributed by atoms with Gasteiger partial charge in [-0.2, -0.15) is 0 Å². The maximum Gasteiger partial charge on any atom is 0.0706 e. The first-order chi connectivity index (χ1) is 9.04. The summed E-state index contributed by atoms with van der Waals surface area (Å²) in [5.74, 6) is 1.68. The fourth-order valence-corrected chi connectivity index (χ4v) is 4.98.